The Kier molecular flexibility index (Phi) is 8.05. The van der Waals surface area contributed by atoms with E-state index < -0.39 is 7.95 Å². The van der Waals surface area contributed by atoms with Gasteiger partial charge in [0.15, 0.2) is 7.95 Å². The van der Waals surface area contributed by atoms with Gasteiger partial charge < -0.3 is 9.47 Å². The van der Waals surface area contributed by atoms with Crippen molar-refractivity contribution in [3.8, 4) is 0 Å². The molecule has 0 aliphatic heterocycles. The lowest BCUT2D eigenvalue weighted by molar-refractivity contribution is -0.0450. The third-order valence-electron chi connectivity index (χ3n) is 1.44. The standard InChI is InChI=1S/C6H16O2S2Si/c1-7-6(8-2)11(10)5-3-4-9/h6,9-11H,3-5H2,1-2H3. The van der Waals surface area contributed by atoms with Crippen molar-refractivity contribution in [3.63, 3.8) is 0 Å². The maximum absolute atomic E-state index is 5.10. The van der Waals surface area contributed by atoms with Crippen LogP contribution in [0.4, 0.5) is 0 Å². The second-order valence-corrected chi connectivity index (χ2v) is 6.97. The van der Waals surface area contributed by atoms with Crippen LogP contribution in [0.3, 0.4) is 0 Å². The monoisotopic (exact) mass is 212 g/mol. The molecule has 0 aliphatic rings. The van der Waals surface area contributed by atoms with Crippen LogP contribution in [0.1, 0.15) is 6.42 Å². The zero-order valence-electron chi connectivity index (χ0n) is 6.99. The van der Waals surface area contributed by atoms with Gasteiger partial charge in [0.25, 0.3) is 0 Å². The number of methoxy groups -OCH3 is 2. The van der Waals surface area contributed by atoms with Crippen molar-refractivity contribution in [2.75, 3.05) is 20.0 Å². The fraction of sp³-hybridized carbons (Fsp3) is 1.00. The van der Waals surface area contributed by atoms with E-state index in [1.54, 1.807) is 14.2 Å². The van der Waals surface area contributed by atoms with Crippen molar-refractivity contribution in [1.29, 1.82) is 0 Å². The Hall–Kier alpha value is 0.837. The molecule has 5 heteroatoms. The highest BCUT2D eigenvalue weighted by Gasteiger charge is 2.17. The quantitative estimate of drug-likeness (QED) is 0.390. The lowest BCUT2D eigenvalue weighted by atomic mass is 10.6. The first-order chi connectivity index (χ1) is 5.26. The molecule has 0 saturated carbocycles. The molecule has 1 unspecified atom stereocenters. The van der Waals surface area contributed by atoms with Crippen molar-refractivity contribution < 1.29 is 9.47 Å². The van der Waals surface area contributed by atoms with Crippen molar-refractivity contribution in [2.45, 2.75) is 18.4 Å². The van der Waals surface area contributed by atoms with Gasteiger partial charge >= 0.3 is 0 Å². The van der Waals surface area contributed by atoms with Crippen molar-refractivity contribution in [1.82, 2.24) is 0 Å². The summed E-state index contributed by atoms with van der Waals surface area (Å²) in [4.78, 5) is 0. The molecule has 68 valence electrons. The van der Waals surface area contributed by atoms with Gasteiger partial charge in [-0.15, -0.1) is 0 Å². The molecule has 0 saturated heterocycles. The molecule has 0 radical (unpaired) electrons. The molecule has 0 heterocycles. The fourth-order valence-electron chi connectivity index (χ4n) is 0.847. The Morgan fingerprint density at radius 2 is 1.91 bits per heavy atom. The minimum absolute atomic E-state index is 0.0572. The van der Waals surface area contributed by atoms with E-state index in [9.17, 15) is 0 Å². The summed E-state index contributed by atoms with van der Waals surface area (Å²) in [6, 6.07) is 1.11. The summed E-state index contributed by atoms with van der Waals surface area (Å²) in [6.07, 6.45) is 1.10. The second kappa shape index (κ2) is 7.48. The average Bonchev–Trinajstić information content (AvgIpc) is 2.03. The zero-order valence-corrected chi connectivity index (χ0v) is 9.93. The molecule has 0 bridgehead atoms. The van der Waals surface area contributed by atoms with Crippen LogP contribution in [-0.4, -0.2) is 33.8 Å². The Balaban J connectivity index is 3.51. The fourth-order valence-corrected chi connectivity index (χ4v) is 4.17. The minimum atomic E-state index is -1.13. The van der Waals surface area contributed by atoms with Crippen LogP contribution in [0.2, 0.25) is 6.04 Å². The van der Waals surface area contributed by atoms with Gasteiger partial charge in [-0.1, -0.05) is 0 Å². The van der Waals surface area contributed by atoms with Crippen molar-refractivity contribution in [3.05, 3.63) is 0 Å². The van der Waals surface area contributed by atoms with Crippen molar-refractivity contribution >= 4 is 32.7 Å². The summed E-state index contributed by atoms with van der Waals surface area (Å²) >= 11 is 8.60. The van der Waals surface area contributed by atoms with E-state index in [1.807, 2.05) is 0 Å². The van der Waals surface area contributed by atoms with E-state index in [-0.39, 0.29) is 5.91 Å². The van der Waals surface area contributed by atoms with Gasteiger partial charge in [-0.2, -0.15) is 24.7 Å². The summed E-state index contributed by atoms with van der Waals surface area (Å²) in [5.74, 6) is 0.864. The molecule has 0 fully saturated rings. The second-order valence-electron chi connectivity index (χ2n) is 2.27. The largest absolute Gasteiger partial charge is 0.359 e. The summed E-state index contributed by atoms with van der Waals surface area (Å²) in [6.45, 7) is 0. The summed E-state index contributed by atoms with van der Waals surface area (Å²) in [5.41, 5.74) is 0. The van der Waals surface area contributed by atoms with Gasteiger partial charge in [0.2, 0.25) is 0 Å². The Morgan fingerprint density at radius 3 is 2.27 bits per heavy atom. The molecule has 0 N–H and O–H groups in total. The van der Waals surface area contributed by atoms with Crippen LogP contribution in [0, 0.1) is 0 Å². The SMILES string of the molecule is COC(OC)[SiH](S)CCCS. The van der Waals surface area contributed by atoms with Gasteiger partial charge in [-0.25, -0.2) is 0 Å². The molecule has 0 aromatic heterocycles. The maximum atomic E-state index is 5.10. The van der Waals surface area contributed by atoms with Gasteiger partial charge in [0.1, 0.15) is 5.91 Å². The normalized spacial score (nSPS) is 13.9. The number of hydrogen-bond acceptors (Lipinski definition) is 4. The highest BCUT2D eigenvalue weighted by molar-refractivity contribution is 8.10. The van der Waals surface area contributed by atoms with Crippen molar-refractivity contribution in [2.24, 2.45) is 0 Å². The van der Waals surface area contributed by atoms with Crippen LogP contribution < -0.4 is 0 Å². The number of ether oxygens (including phenoxy) is 2. The molecule has 11 heavy (non-hydrogen) atoms. The Bertz CT molecular complexity index is 90.7. The van der Waals surface area contributed by atoms with Gasteiger partial charge in [0, 0.05) is 14.2 Å². The smallest absolute Gasteiger partial charge is 0.162 e. The first-order valence-corrected chi connectivity index (χ1v) is 7.79. The van der Waals surface area contributed by atoms with E-state index in [0.29, 0.717) is 0 Å². The van der Waals surface area contributed by atoms with Crippen LogP contribution in [0.15, 0.2) is 0 Å². The minimum Gasteiger partial charge on any atom is -0.359 e. The van der Waals surface area contributed by atoms with Crippen LogP contribution in [-0.2, 0) is 9.47 Å². The molecular weight excluding hydrogens is 196 g/mol. The van der Waals surface area contributed by atoms with E-state index in [1.165, 1.54) is 0 Å². The molecule has 1 atom stereocenters. The van der Waals surface area contributed by atoms with Gasteiger partial charge in [-0.3, -0.25) is 0 Å². The molecule has 0 rings (SSSR count). The molecule has 0 aromatic rings. The van der Waals surface area contributed by atoms with E-state index in [0.717, 1.165) is 18.2 Å². The Labute approximate surface area is 80.7 Å². The topological polar surface area (TPSA) is 18.5 Å². The first kappa shape index (κ1) is 11.8. The number of thiol groups is 2. The molecular formula is C6H16O2S2Si. The lowest BCUT2D eigenvalue weighted by Crippen LogP contribution is -2.29. The third-order valence-corrected chi connectivity index (χ3v) is 5.43. The third kappa shape index (κ3) is 5.14. The molecule has 0 spiro atoms. The molecule has 2 nitrogen and oxygen atoms in total. The molecule has 0 aromatic carbocycles. The number of rotatable bonds is 6. The predicted molar refractivity (Wildman–Crippen MR) is 57.2 cm³/mol. The van der Waals surface area contributed by atoms with Gasteiger partial charge in [-0.05, 0) is 18.2 Å². The first-order valence-electron chi connectivity index (χ1n) is 3.60. The van der Waals surface area contributed by atoms with Crippen LogP contribution in [0.5, 0.6) is 0 Å². The molecule has 0 aliphatic carbocycles. The maximum Gasteiger partial charge on any atom is 0.162 e. The average molecular weight is 212 g/mol. The summed E-state index contributed by atoms with van der Waals surface area (Å²) < 4.78 is 10.2. The van der Waals surface area contributed by atoms with E-state index in [2.05, 4.69) is 24.7 Å². The number of hydrogen-bond donors (Lipinski definition) is 2. The Morgan fingerprint density at radius 1 is 1.36 bits per heavy atom. The molecule has 0 amide bonds. The highest BCUT2D eigenvalue weighted by Crippen LogP contribution is 2.10. The van der Waals surface area contributed by atoms with Crippen LogP contribution >= 0.6 is 24.7 Å². The zero-order chi connectivity index (χ0) is 8.69. The lowest BCUT2D eigenvalue weighted by Gasteiger charge is -2.18. The summed E-state index contributed by atoms with van der Waals surface area (Å²) in [7, 11) is 2.18. The van der Waals surface area contributed by atoms with E-state index in [4.69, 9.17) is 9.47 Å². The highest BCUT2D eigenvalue weighted by atomic mass is 32.3. The van der Waals surface area contributed by atoms with Gasteiger partial charge in [0.05, 0.1) is 0 Å². The van der Waals surface area contributed by atoms with Crippen LogP contribution in [0.25, 0.3) is 0 Å². The summed E-state index contributed by atoms with van der Waals surface area (Å²) in [5, 5.41) is 0. The predicted octanol–water partition coefficient (Wildman–Crippen LogP) is 1.12. The van der Waals surface area contributed by atoms with E-state index >= 15 is 0 Å².